The van der Waals surface area contributed by atoms with E-state index in [0.29, 0.717) is 11.5 Å². The van der Waals surface area contributed by atoms with Crippen molar-refractivity contribution in [3.8, 4) is 11.5 Å². The number of ketones is 1. The summed E-state index contributed by atoms with van der Waals surface area (Å²) < 4.78 is 50.2. The Bertz CT molecular complexity index is 1010. The van der Waals surface area contributed by atoms with Gasteiger partial charge in [-0.05, 0) is 49.2 Å². The molecule has 1 unspecified atom stereocenters. The zero-order chi connectivity index (χ0) is 30.4. The van der Waals surface area contributed by atoms with Crippen LogP contribution in [0, 0.1) is 12.8 Å². The Kier molecular flexibility index (Phi) is 19.8. The van der Waals surface area contributed by atoms with Gasteiger partial charge in [0.05, 0.1) is 0 Å². The van der Waals surface area contributed by atoms with Gasteiger partial charge in [0.2, 0.25) is 0 Å². The smallest absolute Gasteiger partial charge is 0.486 e. The first-order chi connectivity index (χ1) is 18.9. The van der Waals surface area contributed by atoms with Gasteiger partial charge in [0, 0.05) is 6.92 Å². The van der Waals surface area contributed by atoms with E-state index in [1.807, 2.05) is 18.2 Å². The van der Waals surface area contributed by atoms with E-state index in [2.05, 4.69) is 58.4 Å². The fraction of sp³-hybridized carbons (Fsp3) is 0.485. The van der Waals surface area contributed by atoms with Crippen LogP contribution in [0.1, 0.15) is 102 Å². The predicted molar refractivity (Wildman–Crippen MR) is 157 cm³/mol. The molecule has 3 aromatic rings. The molecule has 0 saturated heterocycles. The van der Waals surface area contributed by atoms with Crippen molar-refractivity contribution >= 4 is 5.78 Å². The average molecular weight is 565 g/mol. The second kappa shape index (κ2) is 21.6. The van der Waals surface area contributed by atoms with Crippen LogP contribution in [0.4, 0.5) is 13.2 Å². The Labute approximate surface area is 238 Å². The molecule has 0 radical (unpaired) electrons. The minimum absolute atomic E-state index is 0.0623. The van der Waals surface area contributed by atoms with E-state index in [1.54, 1.807) is 6.07 Å². The number of hydrogen-bond acceptors (Lipinski definition) is 4. The summed E-state index contributed by atoms with van der Waals surface area (Å²) in [4.78, 5) is 11.0. The van der Waals surface area contributed by atoms with Gasteiger partial charge in [-0.3, -0.25) is 4.79 Å². The predicted octanol–water partition coefficient (Wildman–Crippen LogP) is 11.0. The third-order valence-corrected chi connectivity index (χ3v) is 5.63. The van der Waals surface area contributed by atoms with Crippen LogP contribution in [0.2, 0.25) is 0 Å². The third-order valence-electron chi connectivity index (χ3n) is 5.63. The molecule has 40 heavy (non-hydrogen) atoms. The molecular formula is C33H47F3O4. The number of hydrogen-bond donors (Lipinski definition) is 0. The number of benzene rings is 2. The minimum atomic E-state index is -4.72. The third kappa shape index (κ3) is 19.8. The Morgan fingerprint density at radius 2 is 1.43 bits per heavy atom. The van der Waals surface area contributed by atoms with Gasteiger partial charge < -0.3 is 13.9 Å². The number of carbonyl (C=O) groups excluding carboxylic acids is 1. The summed E-state index contributed by atoms with van der Waals surface area (Å²) in [5, 5.41) is 0. The zero-order valence-electron chi connectivity index (χ0n) is 25.1. The minimum Gasteiger partial charge on any atom is -0.486 e. The maximum Gasteiger partial charge on any atom is 0.573 e. The second-order valence-corrected chi connectivity index (χ2v) is 9.44. The molecule has 0 saturated carbocycles. The first-order valence-corrected chi connectivity index (χ1v) is 14.0. The SMILES string of the molecule is CC(=O)c1ccc(COc2ccc(OC(F)(F)F)cc2)o1.CCCC.CCCCC(C)CC.Cc1ccccc1. The Morgan fingerprint density at radius 1 is 0.850 bits per heavy atom. The quantitative estimate of drug-likeness (QED) is 0.230. The summed E-state index contributed by atoms with van der Waals surface area (Å²) in [7, 11) is 0. The van der Waals surface area contributed by atoms with E-state index in [0.717, 1.165) is 18.1 Å². The van der Waals surface area contributed by atoms with Crippen LogP contribution in [0.5, 0.6) is 11.5 Å². The fourth-order valence-corrected chi connectivity index (χ4v) is 2.83. The lowest BCUT2D eigenvalue weighted by molar-refractivity contribution is -0.274. The first kappa shape index (κ1) is 36.8. The van der Waals surface area contributed by atoms with E-state index >= 15 is 0 Å². The van der Waals surface area contributed by atoms with Crippen molar-refractivity contribution in [3.63, 3.8) is 0 Å². The molecule has 0 aliphatic carbocycles. The van der Waals surface area contributed by atoms with Gasteiger partial charge in [0.25, 0.3) is 0 Å². The molecule has 1 aromatic heterocycles. The van der Waals surface area contributed by atoms with Crippen molar-refractivity contribution in [2.75, 3.05) is 0 Å². The molecule has 0 fully saturated rings. The van der Waals surface area contributed by atoms with Crippen LogP contribution >= 0.6 is 0 Å². The molecule has 0 amide bonds. The number of halogens is 3. The molecule has 0 aliphatic heterocycles. The van der Waals surface area contributed by atoms with Gasteiger partial charge in [-0.1, -0.05) is 109 Å². The summed E-state index contributed by atoms with van der Waals surface area (Å²) in [5.74, 6) is 1.44. The Morgan fingerprint density at radius 3 is 1.82 bits per heavy atom. The van der Waals surface area contributed by atoms with Crippen molar-refractivity contribution in [2.24, 2.45) is 5.92 Å². The molecule has 7 heteroatoms. The van der Waals surface area contributed by atoms with Crippen LogP contribution in [-0.2, 0) is 6.61 Å². The molecule has 2 aromatic carbocycles. The summed E-state index contributed by atoms with van der Waals surface area (Å²) >= 11 is 0. The van der Waals surface area contributed by atoms with Crippen molar-refractivity contribution in [3.05, 3.63) is 83.8 Å². The van der Waals surface area contributed by atoms with Crippen LogP contribution in [0.15, 0.2) is 71.1 Å². The number of unbranched alkanes of at least 4 members (excludes halogenated alkanes) is 2. The monoisotopic (exact) mass is 564 g/mol. The number of rotatable bonds is 10. The van der Waals surface area contributed by atoms with Crippen LogP contribution < -0.4 is 9.47 Å². The molecule has 3 rings (SSSR count). The standard InChI is InChI=1S/C14H11F3O4.C8H18.C7H8.C4H10/c1-9(18)13-7-6-12(20-13)8-19-10-2-4-11(5-3-10)21-14(15,16)17;1-4-6-7-8(3)5-2;1-7-5-3-2-4-6-7;1-3-4-2/h2-7H,8H2,1H3;8H,4-7H2,1-3H3;2-6H,1H3;3-4H2,1-2H3. The Balaban J connectivity index is 0.000000652. The maximum atomic E-state index is 12.0. The number of furan rings is 1. The number of alkyl halides is 3. The molecule has 1 atom stereocenters. The molecule has 0 aliphatic rings. The van der Waals surface area contributed by atoms with Gasteiger partial charge >= 0.3 is 6.36 Å². The van der Waals surface area contributed by atoms with Crippen molar-refractivity contribution in [1.82, 2.24) is 0 Å². The van der Waals surface area contributed by atoms with E-state index < -0.39 is 6.36 Å². The summed E-state index contributed by atoms with van der Waals surface area (Å²) in [6.45, 7) is 14.7. The molecule has 4 nitrogen and oxygen atoms in total. The van der Waals surface area contributed by atoms with Gasteiger partial charge in [-0.15, -0.1) is 13.2 Å². The van der Waals surface area contributed by atoms with Gasteiger partial charge in [0.15, 0.2) is 11.5 Å². The van der Waals surface area contributed by atoms with Crippen LogP contribution in [0.3, 0.4) is 0 Å². The normalized spacial score (nSPS) is 10.9. The highest BCUT2D eigenvalue weighted by Crippen LogP contribution is 2.25. The van der Waals surface area contributed by atoms with E-state index in [4.69, 9.17) is 9.15 Å². The van der Waals surface area contributed by atoms with Crippen LogP contribution in [-0.4, -0.2) is 12.1 Å². The van der Waals surface area contributed by atoms with E-state index in [1.165, 1.54) is 69.2 Å². The average Bonchev–Trinajstić information content (AvgIpc) is 3.41. The van der Waals surface area contributed by atoms with Gasteiger partial charge in [-0.25, -0.2) is 0 Å². The molecule has 224 valence electrons. The number of aryl methyl sites for hydroxylation is 1. The maximum absolute atomic E-state index is 12.0. The zero-order valence-corrected chi connectivity index (χ0v) is 25.1. The molecule has 0 bridgehead atoms. The summed E-state index contributed by atoms with van der Waals surface area (Å²) in [5.41, 5.74) is 1.32. The van der Waals surface area contributed by atoms with Gasteiger partial charge in [-0.2, -0.15) is 0 Å². The molecule has 0 N–H and O–H groups in total. The van der Waals surface area contributed by atoms with Crippen molar-refractivity contribution in [2.45, 2.75) is 100.0 Å². The van der Waals surface area contributed by atoms with E-state index in [9.17, 15) is 18.0 Å². The topological polar surface area (TPSA) is 48.7 Å². The second-order valence-electron chi connectivity index (χ2n) is 9.44. The fourth-order valence-electron chi connectivity index (χ4n) is 2.83. The lowest BCUT2D eigenvalue weighted by Gasteiger charge is -2.09. The largest absolute Gasteiger partial charge is 0.573 e. The number of Topliss-reactive ketones (excluding diaryl/α,β-unsaturated/α-hetero) is 1. The van der Waals surface area contributed by atoms with E-state index in [-0.39, 0.29) is 23.9 Å². The van der Waals surface area contributed by atoms with Crippen LogP contribution in [0.25, 0.3) is 0 Å². The van der Waals surface area contributed by atoms with Crippen molar-refractivity contribution < 1.29 is 31.9 Å². The lowest BCUT2D eigenvalue weighted by atomic mass is 10.0. The highest BCUT2D eigenvalue weighted by atomic mass is 19.4. The first-order valence-electron chi connectivity index (χ1n) is 14.0. The molecule has 1 heterocycles. The summed E-state index contributed by atoms with van der Waals surface area (Å²) in [6, 6.07) is 18.4. The Hall–Kier alpha value is -3.22. The van der Waals surface area contributed by atoms with Gasteiger partial charge in [0.1, 0.15) is 23.9 Å². The summed E-state index contributed by atoms with van der Waals surface area (Å²) in [6.07, 6.45) is 3.45. The number of ether oxygens (including phenoxy) is 2. The lowest BCUT2D eigenvalue weighted by Crippen LogP contribution is -2.16. The molecule has 0 spiro atoms. The number of carbonyl (C=O) groups is 1. The van der Waals surface area contributed by atoms with Crippen molar-refractivity contribution in [1.29, 1.82) is 0 Å². The highest BCUT2D eigenvalue weighted by molar-refractivity contribution is 5.91. The highest BCUT2D eigenvalue weighted by Gasteiger charge is 2.30. The molecular weight excluding hydrogens is 517 g/mol.